The fraction of sp³-hybridized carbons (Fsp3) is 0.550. The van der Waals surface area contributed by atoms with Gasteiger partial charge in [0, 0.05) is 11.8 Å². The molecule has 5 heteroatoms. The molecular formula is C20H34N2OSi2. The molecule has 0 saturated carbocycles. The summed E-state index contributed by atoms with van der Waals surface area (Å²) in [5, 5.41) is 4.65. The van der Waals surface area contributed by atoms with E-state index in [1.807, 2.05) is 12.1 Å². The van der Waals surface area contributed by atoms with E-state index in [1.54, 1.807) is 0 Å². The molecule has 1 heterocycles. The Balaban J connectivity index is 2.44. The second kappa shape index (κ2) is 7.60. The standard InChI is InChI=1S/C20H34N2OSi2/c1-9-13-18-16(2)20(22(24(3,4)5)25(6,7)8)23-21-19(18)17-14-11-10-12-15-17/h9-12,14-16,18,20H,1,13H2,2-8H3/t16-,18-,20-/m0/s1. The van der Waals surface area contributed by atoms with Crippen LogP contribution in [0.4, 0.5) is 0 Å². The van der Waals surface area contributed by atoms with Crippen LogP contribution in [0.2, 0.25) is 39.3 Å². The van der Waals surface area contributed by atoms with Gasteiger partial charge in [-0.05, 0) is 12.0 Å². The van der Waals surface area contributed by atoms with Crippen LogP contribution in [0.5, 0.6) is 0 Å². The van der Waals surface area contributed by atoms with Gasteiger partial charge in [0.1, 0.15) is 16.5 Å². The molecule has 1 aromatic rings. The third kappa shape index (κ3) is 4.51. The minimum Gasteiger partial charge on any atom is -0.377 e. The Kier molecular flexibility index (Phi) is 6.12. The van der Waals surface area contributed by atoms with Crippen molar-refractivity contribution < 1.29 is 4.84 Å². The Morgan fingerprint density at radius 1 is 1.08 bits per heavy atom. The fourth-order valence-electron chi connectivity index (χ4n) is 4.16. The van der Waals surface area contributed by atoms with Crippen LogP contribution in [0, 0.1) is 11.8 Å². The summed E-state index contributed by atoms with van der Waals surface area (Å²) < 4.78 is 2.73. The summed E-state index contributed by atoms with van der Waals surface area (Å²) in [6, 6.07) is 10.4. The zero-order valence-corrected chi connectivity index (χ0v) is 18.9. The third-order valence-corrected chi connectivity index (χ3v) is 12.3. The lowest BCUT2D eigenvalue weighted by Gasteiger charge is -2.51. The summed E-state index contributed by atoms with van der Waals surface area (Å²) in [6.45, 7) is 20.8. The fourth-order valence-corrected chi connectivity index (χ4v) is 14.3. The van der Waals surface area contributed by atoms with Gasteiger partial charge in [0.25, 0.3) is 0 Å². The van der Waals surface area contributed by atoms with E-state index in [-0.39, 0.29) is 6.23 Å². The van der Waals surface area contributed by atoms with Gasteiger partial charge < -0.3 is 9.07 Å². The van der Waals surface area contributed by atoms with Crippen molar-refractivity contribution in [2.45, 2.75) is 58.9 Å². The molecule has 0 saturated heterocycles. The van der Waals surface area contributed by atoms with E-state index < -0.39 is 16.5 Å². The van der Waals surface area contributed by atoms with Crippen LogP contribution in [0.1, 0.15) is 18.9 Å². The van der Waals surface area contributed by atoms with Crippen LogP contribution >= 0.6 is 0 Å². The van der Waals surface area contributed by atoms with Gasteiger partial charge in [-0.2, -0.15) is 0 Å². The highest BCUT2D eigenvalue weighted by Gasteiger charge is 2.47. The maximum Gasteiger partial charge on any atom is 0.172 e. The van der Waals surface area contributed by atoms with E-state index in [1.165, 1.54) is 0 Å². The second-order valence-electron chi connectivity index (χ2n) is 9.04. The Morgan fingerprint density at radius 3 is 2.12 bits per heavy atom. The summed E-state index contributed by atoms with van der Waals surface area (Å²) >= 11 is 0. The molecule has 25 heavy (non-hydrogen) atoms. The van der Waals surface area contributed by atoms with Crippen LogP contribution in [-0.2, 0) is 4.84 Å². The molecule has 3 nitrogen and oxygen atoms in total. The van der Waals surface area contributed by atoms with Crippen molar-refractivity contribution in [1.82, 2.24) is 4.23 Å². The number of rotatable bonds is 6. The van der Waals surface area contributed by atoms with Gasteiger partial charge in [-0.1, -0.05) is 87.8 Å². The normalized spacial score (nSPS) is 24.6. The lowest BCUT2D eigenvalue weighted by atomic mass is 9.82. The van der Waals surface area contributed by atoms with Gasteiger partial charge in [-0.15, -0.1) is 6.58 Å². The minimum absolute atomic E-state index is 0.0655. The Morgan fingerprint density at radius 2 is 1.64 bits per heavy atom. The predicted octanol–water partition coefficient (Wildman–Crippen LogP) is 5.55. The van der Waals surface area contributed by atoms with Crippen LogP contribution in [-0.4, -0.2) is 32.6 Å². The average molecular weight is 375 g/mol. The molecule has 0 N–H and O–H groups in total. The number of hydrogen-bond acceptors (Lipinski definition) is 3. The van der Waals surface area contributed by atoms with Crippen molar-refractivity contribution in [1.29, 1.82) is 0 Å². The van der Waals surface area contributed by atoms with E-state index in [2.05, 4.69) is 86.4 Å². The third-order valence-electron chi connectivity index (χ3n) is 4.88. The largest absolute Gasteiger partial charge is 0.377 e. The average Bonchev–Trinajstić information content (AvgIpc) is 2.49. The van der Waals surface area contributed by atoms with Gasteiger partial charge in [-0.25, -0.2) is 0 Å². The maximum atomic E-state index is 6.20. The molecule has 0 bridgehead atoms. The van der Waals surface area contributed by atoms with Crippen molar-refractivity contribution in [3.63, 3.8) is 0 Å². The molecule has 138 valence electrons. The van der Waals surface area contributed by atoms with Crippen LogP contribution in [0.15, 0.2) is 48.1 Å². The summed E-state index contributed by atoms with van der Waals surface area (Å²) in [7, 11) is -3.06. The van der Waals surface area contributed by atoms with Gasteiger partial charge in [-0.3, -0.25) is 0 Å². The first kappa shape index (κ1) is 20.1. The van der Waals surface area contributed by atoms with Crippen LogP contribution in [0.3, 0.4) is 0 Å². The number of hydrogen-bond donors (Lipinski definition) is 0. The van der Waals surface area contributed by atoms with Gasteiger partial charge in [0.05, 0.1) is 5.71 Å². The first-order valence-electron chi connectivity index (χ1n) is 9.27. The summed E-state index contributed by atoms with van der Waals surface area (Å²) in [4.78, 5) is 6.20. The van der Waals surface area contributed by atoms with Crippen molar-refractivity contribution in [3.8, 4) is 0 Å². The van der Waals surface area contributed by atoms with Crippen molar-refractivity contribution in [2.75, 3.05) is 0 Å². The highest BCUT2D eigenvalue weighted by molar-refractivity contribution is 6.89. The lowest BCUT2D eigenvalue weighted by molar-refractivity contribution is -0.0534. The highest BCUT2D eigenvalue weighted by Crippen LogP contribution is 2.36. The second-order valence-corrected chi connectivity index (χ2v) is 19.1. The summed E-state index contributed by atoms with van der Waals surface area (Å²) in [6.07, 6.45) is 3.02. The van der Waals surface area contributed by atoms with Gasteiger partial charge in [0.15, 0.2) is 6.23 Å². The van der Waals surface area contributed by atoms with Crippen molar-refractivity contribution in [2.24, 2.45) is 17.0 Å². The summed E-state index contributed by atoms with van der Waals surface area (Å²) in [5.74, 6) is 0.720. The van der Waals surface area contributed by atoms with E-state index in [0.717, 1.165) is 17.7 Å². The Labute approximate surface area is 155 Å². The molecule has 0 spiro atoms. The molecule has 0 aromatic heterocycles. The highest BCUT2D eigenvalue weighted by atomic mass is 28.4. The zero-order valence-electron chi connectivity index (χ0n) is 16.9. The van der Waals surface area contributed by atoms with Crippen molar-refractivity contribution in [3.05, 3.63) is 48.6 Å². The predicted molar refractivity (Wildman–Crippen MR) is 114 cm³/mol. The van der Waals surface area contributed by atoms with Gasteiger partial charge >= 0.3 is 0 Å². The smallest absolute Gasteiger partial charge is 0.172 e. The molecule has 1 aliphatic heterocycles. The minimum atomic E-state index is -1.53. The van der Waals surface area contributed by atoms with E-state index >= 15 is 0 Å². The molecule has 0 unspecified atom stereocenters. The zero-order chi connectivity index (χ0) is 18.8. The maximum absolute atomic E-state index is 6.20. The quantitative estimate of drug-likeness (QED) is 0.482. The van der Waals surface area contributed by atoms with Gasteiger partial charge in [0.2, 0.25) is 0 Å². The van der Waals surface area contributed by atoms with E-state index in [4.69, 9.17) is 4.84 Å². The first-order chi connectivity index (χ1) is 11.6. The number of nitrogens with zero attached hydrogens (tertiary/aromatic N) is 2. The number of benzene rings is 1. The molecule has 1 aliphatic rings. The molecule has 0 fully saturated rings. The Hall–Kier alpha value is -1.18. The van der Waals surface area contributed by atoms with E-state index in [9.17, 15) is 0 Å². The van der Waals surface area contributed by atoms with Crippen molar-refractivity contribution >= 4 is 22.2 Å². The molecule has 0 aliphatic carbocycles. The van der Waals surface area contributed by atoms with Crippen LogP contribution in [0.25, 0.3) is 0 Å². The molecular weight excluding hydrogens is 340 g/mol. The molecule has 2 rings (SSSR count). The monoisotopic (exact) mass is 374 g/mol. The molecule has 0 amide bonds. The SMILES string of the molecule is C=CC[C@@H]1C(c2ccccc2)=NO[C@H](N([Si](C)(C)C)[Si](C)(C)C)[C@H]1C. The molecule has 1 aromatic carbocycles. The summed E-state index contributed by atoms with van der Waals surface area (Å²) in [5.41, 5.74) is 2.22. The topological polar surface area (TPSA) is 24.8 Å². The Bertz CT molecular complexity index is 603. The molecule has 3 atom stereocenters. The number of allylic oxidation sites excluding steroid dienone is 1. The molecule has 0 radical (unpaired) electrons. The van der Waals surface area contributed by atoms with E-state index in [0.29, 0.717) is 11.8 Å². The first-order valence-corrected chi connectivity index (χ1v) is 16.2. The lowest BCUT2D eigenvalue weighted by Crippen LogP contribution is -2.66. The number of oxime groups is 1. The van der Waals surface area contributed by atoms with Crippen LogP contribution < -0.4 is 0 Å².